The zero-order valence-electron chi connectivity index (χ0n) is 24.1. The Balaban J connectivity index is 0.000000916. The molecule has 1 aromatic carbocycles. The number of hydrogen-bond donors (Lipinski definition) is 0. The molecule has 1 atom stereocenters. The van der Waals surface area contributed by atoms with Gasteiger partial charge in [-0.3, -0.25) is 0 Å². The summed E-state index contributed by atoms with van der Waals surface area (Å²) in [5.74, 6) is 0.955. The summed E-state index contributed by atoms with van der Waals surface area (Å²) in [5.41, 5.74) is 9.17. The highest BCUT2D eigenvalue weighted by atomic mass is 35.5. The first-order valence-corrected chi connectivity index (χ1v) is 14.0. The second kappa shape index (κ2) is 18.8. The molecule has 0 amide bonds. The highest BCUT2D eigenvalue weighted by molar-refractivity contribution is 6.29. The van der Waals surface area contributed by atoms with Crippen molar-refractivity contribution in [2.24, 2.45) is 5.92 Å². The van der Waals surface area contributed by atoms with E-state index >= 15 is 0 Å². The summed E-state index contributed by atoms with van der Waals surface area (Å²) in [4.78, 5) is 0. The third kappa shape index (κ3) is 12.3. The Morgan fingerprint density at radius 1 is 0.794 bits per heavy atom. The van der Waals surface area contributed by atoms with Gasteiger partial charge in [0.05, 0.1) is 0 Å². The van der Waals surface area contributed by atoms with E-state index in [2.05, 4.69) is 98.7 Å². The van der Waals surface area contributed by atoms with Gasteiger partial charge in [-0.15, -0.1) is 0 Å². The fourth-order valence-electron chi connectivity index (χ4n) is 3.82. The number of hydrogen-bond acceptors (Lipinski definition) is 0. The summed E-state index contributed by atoms with van der Waals surface area (Å²) < 4.78 is 0. The lowest BCUT2D eigenvalue weighted by molar-refractivity contribution is 0.477. The van der Waals surface area contributed by atoms with Crippen LogP contribution in [0.2, 0.25) is 0 Å². The summed E-state index contributed by atoms with van der Waals surface area (Å²) in [6, 6.07) is 10.7. The molecule has 1 heteroatoms. The minimum absolute atomic E-state index is 0.864. The van der Waals surface area contributed by atoms with E-state index in [4.69, 9.17) is 11.6 Å². The zero-order chi connectivity index (χ0) is 26.1. The van der Waals surface area contributed by atoms with Crippen molar-refractivity contribution in [2.45, 2.75) is 121 Å². The molecule has 0 saturated carbocycles. The zero-order valence-corrected chi connectivity index (χ0v) is 24.8. The molecule has 1 unspecified atom stereocenters. The van der Waals surface area contributed by atoms with Crippen LogP contribution in [0.25, 0.3) is 5.57 Å². The van der Waals surface area contributed by atoms with Crippen LogP contribution in [0.5, 0.6) is 0 Å². The molecule has 0 aliphatic carbocycles. The van der Waals surface area contributed by atoms with Crippen molar-refractivity contribution in [3.05, 3.63) is 74.9 Å². The maximum atomic E-state index is 6.23. The van der Waals surface area contributed by atoms with Crippen LogP contribution in [0, 0.1) is 5.92 Å². The lowest BCUT2D eigenvalue weighted by atomic mass is 9.90. The lowest BCUT2D eigenvalue weighted by Crippen LogP contribution is -1.96. The Morgan fingerprint density at radius 2 is 1.41 bits per heavy atom. The smallest absolute Gasteiger partial charge is 0.0181 e. The van der Waals surface area contributed by atoms with Crippen molar-refractivity contribution in [1.29, 1.82) is 0 Å². The van der Waals surface area contributed by atoms with E-state index in [9.17, 15) is 0 Å². The van der Waals surface area contributed by atoms with E-state index in [1.54, 1.807) is 0 Å². The molecule has 0 aliphatic rings. The Kier molecular flexibility index (Phi) is 17.9. The Bertz CT molecular complexity index is 813. The first-order valence-electron chi connectivity index (χ1n) is 13.6. The molecule has 0 heterocycles. The molecule has 0 saturated heterocycles. The van der Waals surface area contributed by atoms with E-state index in [0.29, 0.717) is 0 Å². The van der Waals surface area contributed by atoms with Crippen LogP contribution >= 0.6 is 11.6 Å². The Labute approximate surface area is 218 Å². The molecule has 0 aromatic heterocycles. The largest absolute Gasteiger partial charge is 0.0892 e. The van der Waals surface area contributed by atoms with Gasteiger partial charge in [0.2, 0.25) is 0 Å². The molecule has 0 nitrogen and oxygen atoms in total. The van der Waals surface area contributed by atoms with Gasteiger partial charge in [-0.2, -0.15) is 0 Å². The molecule has 1 aromatic rings. The van der Waals surface area contributed by atoms with Crippen molar-refractivity contribution < 1.29 is 0 Å². The summed E-state index contributed by atoms with van der Waals surface area (Å²) in [6.45, 7) is 22.0. The number of rotatable bonds is 12. The van der Waals surface area contributed by atoms with Crippen molar-refractivity contribution in [3.63, 3.8) is 0 Å². The highest BCUT2D eigenvalue weighted by Gasteiger charge is 2.10. The van der Waals surface area contributed by atoms with Gasteiger partial charge in [0.25, 0.3) is 0 Å². The van der Waals surface area contributed by atoms with Gasteiger partial charge in [0, 0.05) is 5.03 Å². The van der Waals surface area contributed by atoms with Gasteiger partial charge in [0.15, 0.2) is 0 Å². The highest BCUT2D eigenvalue weighted by Crippen LogP contribution is 2.30. The predicted molar refractivity (Wildman–Crippen MR) is 159 cm³/mol. The molecule has 1 rings (SSSR count). The van der Waals surface area contributed by atoms with Gasteiger partial charge in [0.1, 0.15) is 0 Å². The van der Waals surface area contributed by atoms with Crippen LogP contribution in [0.1, 0.15) is 126 Å². The molecule has 0 radical (unpaired) electrons. The number of benzene rings is 1. The standard InChI is InChI=1S/C23H31Cl.C10H22/c1-8-16(3)23(19(6)17(4)18(5)20(7)24)15-21(9-2)22-13-11-10-12-14-22;1-4-6-7-8-9-10(3)5-2/h10-15H,8-9H2,1-7H3;10H,4-9H2,1-3H3/b19-17-,20-18?,21-15+,23-16+;. The lowest BCUT2D eigenvalue weighted by Gasteiger charge is -2.16. The van der Waals surface area contributed by atoms with E-state index < -0.39 is 0 Å². The van der Waals surface area contributed by atoms with Crippen LogP contribution in [0.15, 0.2) is 69.3 Å². The molecule has 34 heavy (non-hydrogen) atoms. The maximum absolute atomic E-state index is 6.23. The summed E-state index contributed by atoms with van der Waals surface area (Å²) in [7, 11) is 0. The second-order valence-corrected chi connectivity index (χ2v) is 10.3. The quantitative estimate of drug-likeness (QED) is 0.204. The van der Waals surface area contributed by atoms with Crippen LogP contribution in [0.4, 0.5) is 0 Å². The van der Waals surface area contributed by atoms with E-state index in [-0.39, 0.29) is 0 Å². The third-order valence-electron chi connectivity index (χ3n) is 7.13. The molecular formula is C33H53Cl. The second-order valence-electron chi connectivity index (χ2n) is 9.71. The molecular weight excluding hydrogens is 432 g/mol. The van der Waals surface area contributed by atoms with Crippen molar-refractivity contribution in [1.82, 2.24) is 0 Å². The number of halogens is 1. The molecule has 0 fully saturated rings. The first kappa shape index (κ1) is 32.5. The number of unbranched alkanes of at least 4 members (excludes halogenated alkanes) is 3. The maximum Gasteiger partial charge on any atom is 0.0181 e. The van der Waals surface area contributed by atoms with Gasteiger partial charge in [-0.05, 0) is 86.8 Å². The molecule has 0 aliphatic heterocycles. The van der Waals surface area contributed by atoms with Crippen LogP contribution in [-0.2, 0) is 0 Å². The predicted octanol–water partition coefficient (Wildman–Crippen LogP) is 12.1. The summed E-state index contributed by atoms with van der Waals surface area (Å²) in [5, 5.41) is 0.864. The third-order valence-corrected chi connectivity index (χ3v) is 7.41. The SMILES string of the molecule is CCCCCCC(C)CC.CC\C(=C/C(C(/C)=C(/C)C(C)=C(C)Cl)=C(/C)CC)c1ccccc1. The van der Waals surface area contributed by atoms with Crippen molar-refractivity contribution in [2.75, 3.05) is 0 Å². The fourth-order valence-corrected chi connectivity index (χ4v) is 3.97. The van der Waals surface area contributed by atoms with Crippen LogP contribution in [-0.4, -0.2) is 0 Å². The van der Waals surface area contributed by atoms with E-state index in [1.165, 1.54) is 77.5 Å². The minimum Gasteiger partial charge on any atom is -0.0892 e. The van der Waals surface area contributed by atoms with Crippen LogP contribution < -0.4 is 0 Å². The monoisotopic (exact) mass is 484 g/mol. The van der Waals surface area contributed by atoms with Gasteiger partial charge < -0.3 is 0 Å². The molecule has 0 N–H and O–H groups in total. The minimum atomic E-state index is 0.864. The Morgan fingerprint density at radius 3 is 1.88 bits per heavy atom. The van der Waals surface area contributed by atoms with Gasteiger partial charge >= 0.3 is 0 Å². The first-order chi connectivity index (χ1) is 16.1. The van der Waals surface area contributed by atoms with Crippen molar-refractivity contribution in [3.8, 4) is 0 Å². The summed E-state index contributed by atoms with van der Waals surface area (Å²) in [6.07, 6.45) is 12.9. The average molecular weight is 485 g/mol. The van der Waals surface area contributed by atoms with Crippen LogP contribution in [0.3, 0.4) is 0 Å². The van der Waals surface area contributed by atoms with E-state index in [1.807, 2.05) is 6.92 Å². The van der Waals surface area contributed by atoms with E-state index in [0.717, 1.165) is 23.8 Å². The van der Waals surface area contributed by atoms with Gasteiger partial charge in [-0.25, -0.2) is 0 Å². The normalized spacial score (nSPS) is 15.0. The number of allylic oxidation sites excluding steroid dienone is 8. The topological polar surface area (TPSA) is 0 Å². The van der Waals surface area contributed by atoms with Crippen molar-refractivity contribution >= 4 is 17.2 Å². The molecule has 0 spiro atoms. The average Bonchev–Trinajstić information content (AvgIpc) is 2.86. The summed E-state index contributed by atoms with van der Waals surface area (Å²) >= 11 is 6.23. The molecule has 192 valence electrons. The fraction of sp³-hybridized carbons (Fsp3) is 0.576. The molecule has 0 bridgehead atoms. The van der Waals surface area contributed by atoms with Gasteiger partial charge in [-0.1, -0.05) is 127 Å². The Hall–Kier alpha value is -1.53.